The molecule has 0 aromatic heterocycles. The molecule has 7 nitrogen and oxygen atoms in total. The van der Waals surface area contributed by atoms with Crippen molar-refractivity contribution in [1.82, 2.24) is 4.90 Å². The van der Waals surface area contributed by atoms with Crippen molar-refractivity contribution in [2.45, 2.75) is 11.7 Å². The molecule has 2 heterocycles. The van der Waals surface area contributed by atoms with E-state index in [9.17, 15) is 14.0 Å². The van der Waals surface area contributed by atoms with E-state index in [1.54, 1.807) is 31.3 Å². The number of nitrogens with zero attached hydrogens (tertiary/aromatic N) is 2. The van der Waals surface area contributed by atoms with Gasteiger partial charge < -0.3 is 14.8 Å². The second kappa shape index (κ2) is 7.51. The summed E-state index contributed by atoms with van der Waals surface area (Å²) >= 11 is 1.15. The van der Waals surface area contributed by atoms with Crippen molar-refractivity contribution in [3.05, 3.63) is 48.3 Å². The first-order chi connectivity index (χ1) is 13.5. The van der Waals surface area contributed by atoms with Gasteiger partial charge in [0, 0.05) is 19.5 Å². The molecule has 1 saturated heterocycles. The summed E-state index contributed by atoms with van der Waals surface area (Å²) in [4.78, 5) is 30.8. The van der Waals surface area contributed by atoms with Crippen molar-refractivity contribution in [3.8, 4) is 11.5 Å². The van der Waals surface area contributed by atoms with Gasteiger partial charge in [-0.15, -0.1) is 0 Å². The molecular formula is C19H16FN3O4S. The molecule has 4 rings (SSSR count). The third-order valence-corrected chi connectivity index (χ3v) is 5.51. The Morgan fingerprint density at radius 3 is 2.86 bits per heavy atom. The molecule has 0 saturated carbocycles. The van der Waals surface area contributed by atoms with Gasteiger partial charge in [-0.3, -0.25) is 14.5 Å². The Bertz CT molecular complexity index is 981. The van der Waals surface area contributed by atoms with Crippen LogP contribution in [-0.4, -0.2) is 41.0 Å². The molecule has 1 fully saturated rings. The quantitative estimate of drug-likeness (QED) is 0.855. The standard InChI is InChI=1S/C19H16FN3O4S/c1-23-17(24)9-16(18(25)22-13-5-3-2-4-12(13)20)28-19(23)21-11-6-7-14-15(8-11)27-10-26-14/h2-8,16H,9-10H2,1H3,(H,22,25)/t16-/m1/s1. The molecule has 1 N–H and O–H groups in total. The highest BCUT2D eigenvalue weighted by Crippen LogP contribution is 2.36. The maximum Gasteiger partial charge on any atom is 0.238 e. The fourth-order valence-electron chi connectivity index (χ4n) is 2.74. The predicted octanol–water partition coefficient (Wildman–Crippen LogP) is 3.14. The number of ether oxygens (including phenoxy) is 2. The van der Waals surface area contributed by atoms with Crippen LogP contribution in [0.25, 0.3) is 0 Å². The Balaban J connectivity index is 1.54. The first-order valence-corrected chi connectivity index (χ1v) is 9.36. The van der Waals surface area contributed by atoms with Crippen molar-refractivity contribution < 1.29 is 23.5 Å². The van der Waals surface area contributed by atoms with E-state index in [0.717, 1.165) is 11.8 Å². The third kappa shape index (κ3) is 3.65. The van der Waals surface area contributed by atoms with Crippen LogP contribution in [-0.2, 0) is 9.59 Å². The maximum absolute atomic E-state index is 13.8. The Morgan fingerprint density at radius 1 is 1.25 bits per heavy atom. The molecule has 2 amide bonds. The van der Waals surface area contributed by atoms with E-state index in [4.69, 9.17) is 9.47 Å². The number of fused-ring (bicyclic) bond motifs is 1. The molecule has 2 aromatic carbocycles. The lowest BCUT2D eigenvalue weighted by Gasteiger charge is -2.28. The highest BCUT2D eigenvalue weighted by molar-refractivity contribution is 8.15. The van der Waals surface area contributed by atoms with Crippen LogP contribution in [0.1, 0.15) is 6.42 Å². The van der Waals surface area contributed by atoms with Crippen molar-refractivity contribution in [3.63, 3.8) is 0 Å². The predicted molar refractivity (Wildman–Crippen MR) is 103 cm³/mol. The number of halogens is 1. The Labute approximate surface area is 164 Å². The minimum atomic E-state index is -0.712. The number of nitrogens with one attached hydrogen (secondary N) is 1. The van der Waals surface area contributed by atoms with Crippen LogP contribution in [0.3, 0.4) is 0 Å². The van der Waals surface area contributed by atoms with Gasteiger partial charge in [0.05, 0.1) is 11.4 Å². The highest BCUT2D eigenvalue weighted by Gasteiger charge is 2.34. The van der Waals surface area contributed by atoms with Crippen molar-refractivity contribution in [2.75, 3.05) is 19.2 Å². The highest BCUT2D eigenvalue weighted by atomic mass is 32.2. The van der Waals surface area contributed by atoms with Crippen molar-refractivity contribution in [2.24, 2.45) is 4.99 Å². The molecule has 0 spiro atoms. The van der Waals surface area contributed by atoms with Crippen molar-refractivity contribution in [1.29, 1.82) is 0 Å². The molecule has 0 bridgehead atoms. The lowest BCUT2D eigenvalue weighted by atomic mass is 10.2. The maximum atomic E-state index is 13.8. The minimum absolute atomic E-state index is 0.00160. The summed E-state index contributed by atoms with van der Waals surface area (Å²) in [5.41, 5.74) is 0.648. The minimum Gasteiger partial charge on any atom is -0.454 e. The largest absolute Gasteiger partial charge is 0.454 e. The van der Waals surface area contributed by atoms with Gasteiger partial charge in [0.25, 0.3) is 0 Å². The second-order valence-corrected chi connectivity index (χ2v) is 7.33. The molecule has 9 heteroatoms. The molecule has 2 aliphatic heterocycles. The lowest BCUT2D eigenvalue weighted by Crippen LogP contribution is -2.43. The van der Waals surface area contributed by atoms with Crippen LogP contribution in [0.5, 0.6) is 11.5 Å². The molecule has 0 unspecified atom stereocenters. The van der Waals surface area contributed by atoms with E-state index >= 15 is 0 Å². The van der Waals surface area contributed by atoms with E-state index in [-0.39, 0.29) is 24.8 Å². The molecule has 2 aromatic rings. The number of carbonyl (C=O) groups excluding carboxylic acids is 2. The number of benzene rings is 2. The number of hydrogen-bond acceptors (Lipinski definition) is 6. The van der Waals surface area contributed by atoms with E-state index in [0.29, 0.717) is 22.4 Å². The second-order valence-electron chi connectivity index (χ2n) is 6.16. The number of hydrogen-bond donors (Lipinski definition) is 1. The number of anilines is 1. The molecule has 28 heavy (non-hydrogen) atoms. The molecule has 2 aliphatic rings. The fourth-order valence-corrected chi connectivity index (χ4v) is 3.80. The van der Waals surface area contributed by atoms with E-state index in [1.165, 1.54) is 23.1 Å². The Hall–Kier alpha value is -3.07. The van der Waals surface area contributed by atoms with Crippen LogP contribution >= 0.6 is 11.8 Å². The third-order valence-electron chi connectivity index (χ3n) is 4.27. The number of para-hydroxylation sites is 1. The van der Waals surface area contributed by atoms with E-state index < -0.39 is 17.0 Å². The number of carbonyl (C=O) groups is 2. The molecule has 1 atom stereocenters. The number of amidine groups is 1. The monoisotopic (exact) mass is 401 g/mol. The van der Waals surface area contributed by atoms with E-state index in [2.05, 4.69) is 10.3 Å². The summed E-state index contributed by atoms with van der Waals surface area (Å²) in [6.45, 7) is 0.154. The summed E-state index contributed by atoms with van der Waals surface area (Å²) in [5.74, 6) is -0.0199. The van der Waals surface area contributed by atoms with Gasteiger partial charge in [0.1, 0.15) is 11.1 Å². The lowest BCUT2D eigenvalue weighted by molar-refractivity contribution is -0.128. The summed E-state index contributed by atoms with van der Waals surface area (Å²) in [6.07, 6.45) is 0.00160. The van der Waals surface area contributed by atoms with Crippen LogP contribution < -0.4 is 14.8 Å². The first kappa shape index (κ1) is 18.3. The summed E-state index contributed by atoms with van der Waals surface area (Å²) < 4.78 is 24.4. The van der Waals surface area contributed by atoms with Crippen LogP contribution in [0.4, 0.5) is 15.8 Å². The molecule has 144 valence electrons. The summed E-state index contributed by atoms with van der Waals surface area (Å²) in [7, 11) is 1.60. The van der Waals surface area contributed by atoms with Crippen LogP contribution in [0.2, 0.25) is 0 Å². The molecule has 0 radical (unpaired) electrons. The van der Waals surface area contributed by atoms with Crippen LogP contribution in [0.15, 0.2) is 47.5 Å². The smallest absolute Gasteiger partial charge is 0.238 e. The normalized spacial score (nSPS) is 19.8. The zero-order chi connectivity index (χ0) is 19.7. The average Bonchev–Trinajstić information content (AvgIpc) is 3.15. The Morgan fingerprint density at radius 2 is 2.04 bits per heavy atom. The average molecular weight is 401 g/mol. The number of amides is 2. The van der Waals surface area contributed by atoms with Gasteiger partial charge in [-0.25, -0.2) is 9.38 Å². The number of aliphatic imine (C=N–C) groups is 1. The van der Waals surface area contributed by atoms with Gasteiger partial charge in [-0.2, -0.15) is 0 Å². The molecular weight excluding hydrogens is 385 g/mol. The molecule has 0 aliphatic carbocycles. The SMILES string of the molecule is CN1C(=O)C[C@H](C(=O)Nc2ccccc2F)SC1=Nc1ccc2c(c1)OCO2. The van der Waals surface area contributed by atoms with E-state index in [1.807, 2.05) is 0 Å². The summed E-state index contributed by atoms with van der Waals surface area (Å²) in [5, 5.41) is 2.20. The number of rotatable bonds is 3. The first-order valence-electron chi connectivity index (χ1n) is 8.48. The topological polar surface area (TPSA) is 80.2 Å². The van der Waals surface area contributed by atoms with Gasteiger partial charge >= 0.3 is 0 Å². The summed E-state index contributed by atoms with van der Waals surface area (Å²) in [6, 6.07) is 11.1. The van der Waals surface area contributed by atoms with Crippen LogP contribution in [0, 0.1) is 5.82 Å². The van der Waals surface area contributed by atoms with Gasteiger partial charge in [-0.05, 0) is 24.3 Å². The van der Waals surface area contributed by atoms with Crippen molar-refractivity contribution >= 4 is 40.1 Å². The zero-order valence-corrected chi connectivity index (χ0v) is 15.7. The Kier molecular flexibility index (Phi) is 4.91. The fraction of sp³-hybridized carbons (Fsp3) is 0.211. The number of thioether (sulfide) groups is 1. The zero-order valence-electron chi connectivity index (χ0n) is 14.8. The van der Waals surface area contributed by atoms with Gasteiger partial charge in [-0.1, -0.05) is 23.9 Å². The van der Waals surface area contributed by atoms with Gasteiger partial charge in [0.2, 0.25) is 18.6 Å². The van der Waals surface area contributed by atoms with Gasteiger partial charge in [0.15, 0.2) is 16.7 Å².